The Morgan fingerprint density at radius 2 is 2.28 bits per heavy atom. The van der Waals surface area contributed by atoms with Crippen LogP contribution >= 0.6 is 0 Å². The summed E-state index contributed by atoms with van der Waals surface area (Å²) < 4.78 is 9.49. The fourth-order valence-corrected chi connectivity index (χ4v) is 1.17. The zero-order valence-corrected chi connectivity index (χ0v) is 9.95. The van der Waals surface area contributed by atoms with Crippen LogP contribution in [0.25, 0.3) is 6.08 Å². The molecule has 0 fully saturated rings. The third-order valence-electron chi connectivity index (χ3n) is 1.93. The molecule has 0 unspecified atom stereocenters. The van der Waals surface area contributed by atoms with Crippen molar-refractivity contribution in [1.29, 1.82) is 0 Å². The molecular formula is C11H12N2O5. The summed E-state index contributed by atoms with van der Waals surface area (Å²) in [4.78, 5) is 25.0. The van der Waals surface area contributed by atoms with Gasteiger partial charge in [-0.15, -0.1) is 0 Å². The van der Waals surface area contributed by atoms with Crippen molar-refractivity contribution in [3.8, 4) is 5.88 Å². The van der Waals surface area contributed by atoms with Crippen molar-refractivity contribution in [2.24, 2.45) is 0 Å². The van der Waals surface area contributed by atoms with Crippen molar-refractivity contribution in [3.63, 3.8) is 0 Å². The van der Waals surface area contributed by atoms with Gasteiger partial charge in [-0.1, -0.05) is 0 Å². The van der Waals surface area contributed by atoms with E-state index in [9.17, 15) is 14.9 Å². The van der Waals surface area contributed by atoms with Gasteiger partial charge in [0, 0.05) is 12.1 Å². The van der Waals surface area contributed by atoms with Crippen molar-refractivity contribution in [1.82, 2.24) is 4.98 Å². The van der Waals surface area contributed by atoms with Crippen molar-refractivity contribution in [2.45, 2.75) is 6.92 Å². The zero-order valence-electron chi connectivity index (χ0n) is 9.95. The summed E-state index contributed by atoms with van der Waals surface area (Å²) in [6.45, 7) is 1.97. The summed E-state index contributed by atoms with van der Waals surface area (Å²) in [6, 6.07) is 2.67. The molecule has 0 N–H and O–H groups in total. The summed E-state index contributed by atoms with van der Waals surface area (Å²) >= 11 is 0. The highest BCUT2D eigenvalue weighted by atomic mass is 16.6. The van der Waals surface area contributed by atoms with Crippen molar-refractivity contribution >= 4 is 17.7 Å². The van der Waals surface area contributed by atoms with Gasteiger partial charge in [-0.05, 0) is 19.1 Å². The third-order valence-corrected chi connectivity index (χ3v) is 1.93. The summed E-state index contributed by atoms with van der Waals surface area (Å²) in [5, 5.41) is 10.6. The maximum atomic E-state index is 11.1. The van der Waals surface area contributed by atoms with Crippen LogP contribution in [0.5, 0.6) is 5.88 Å². The van der Waals surface area contributed by atoms with E-state index < -0.39 is 10.9 Å². The molecule has 0 aromatic carbocycles. The number of pyridine rings is 1. The minimum Gasteiger partial charge on any atom is -0.476 e. The number of ether oxygens (including phenoxy) is 2. The predicted octanol–water partition coefficient (Wildman–Crippen LogP) is 1.57. The summed E-state index contributed by atoms with van der Waals surface area (Å²) in [6.07, 6.45) is 2.58. The lowest BCUT2D eigenvalue weighted by Crippen LogP contribution is -2.00. The normalized spacial score (nSPS) is 10.3. The summed E-state index contributed by atoms with van der Waals surface area (Å²) in [5.74, 6) is -0.609. The monoisotopic (exact) mass is 252 g/mol. The molecule has 0 atom stereocenters. The Morgan fingerprint density at radius 3 is 2.83 bits per heavy atom. The fraction of sp³-hybridized carbons (Fsp3) is 0.273. The highest BCUT2D eigenvalue weighted by Crippen LogP contribution is 2.24. The van der Waals surface area contributed by atoms with E-state index in [4.69, 9.17) is 4.74 Å². The number of methoxy groups -OCH3 is 1. The summed E-state index contributed by atoms with van der Waals surface area (Å²) in [5.41, 5.74) is 0.135. The predicted molar refractivity (Wildman–Crippen MR) is 63.1 cm³/mol. The number of hydrogen-bond acceptors (Lipinski definition) is 6. The molecule has 1 heterocycles. The molecule has 0 radical (unpaired) electrons. The van der Waals surface area contributed by atoms with Gasteiger partial charge in [0.25, 0.3) is 5.88 Å². The number of carbonyl (C=O) groups excluding carboxylic acids is 1. The second-order valence-corrected chi connectivity index (χ2v) is 3.11. The molecule has 0 saturated heterocycles. The molecule has 18 heavy (non-hydrogen) atoms. The number of esters is 1. The van der Waals surface area contributed by atoms with E-state index in [-0.39, 0.29) is 18.2 Å². The van der Waals surface area contributed by atoms with Crippen LogP contribution in [0, 0.1) is 10.1 Å². The Morgan fingerprint density at radius 1 is 1.56 bits per heavy atom. The number of nitro groups is 1. The van der Waals surface area contributed by atoms with Gasteiger partial charge in [-0.3, -0.25) is 10.1 Å². The molecule has 1 aromatic rings. The molecule has 1 rings (SSSR count). The maximum Gasteiger partial charge on any atom is 0.330 e. The number of nitrogens with zero attached hydrogens (tertiary/aromatic N) is 2. The molecule has 0 bridgehead atoms. The van der Waals surface area contributed by atoms with Crippen LogP contribution in [0.3, 0.4) is 0 Å². The second-order valence-electron chi connectivity index (χ2n) is 3.11. The fourth-order valence-electron chi connectivity index (χ4n) is 1.17. The van der Waals surface area contributed by atoms with Crippen LogP contribution in [0.1, 0.15) is 12.6 Å². The molecule has 0 amide bonds. The average Bonchev–Trinajstić information content (AvgIpc) is 2.36. The number of rotatable bonds is 5. The van der Waals surface area contributed by atoms with Gasteiger partial charge in [0.15, 0.2) is 0 Å². The van der Waals surface area contributed by atoms with Gasteiger partial charge in [0.2, 0.25) is 0 Å². The van der Waals surface area contributed by atoms with E-state index in [1.807, 2.05) is 0 Å². The van der Waals surface area contributed by atoms with Crippen LogP contribution < -0.4 is 4.74 Å². The topological polar surface area (TPSA) is 91.6 Å². The second kappa shape index (κ2) is 6.33. The molecule has 1 aromatic heterocycles. The Hall–Kier alpha value is -2.44. The standard InChI is InChI=1S/C11H12N2O5/c1-3-18-10(14)7-5-8-4-6-9(13(15)16)11(12-8)17-2/h4-7H,3H2,1-2H3/b7-5+. The first-order valence-corrected chi connectivity index (χ1v) is 5.12. The van der Waals surface area contributed by atoms with E-state index in [1.54, 1.807) is 6.92 Å². The highest BCUT2D eigenvalue weighted by Gasteiger charge is 2.15. The highest BCUT2D eigenvalue weighted by molar-refractivity contribution is 5.86. The largest absolute Gasteiger partial charge is 0.476 e. The van der Waals surface area contributed by atoms with E-state index in [0.717, 1.165) is 0 Å². The van der Waals surface area contributed by atoms with Crippen molar-refractivity contribution in [2.75, 3.05) is 13.7 Å². The van der Waals surface area contributed by atoms with Gasteiger partial charge >= 0.3 is 11.7 Å². The van der Waals surface area contributed by atoms with Gasteiger partial charge in [0.1, 0.15) is 0 Å². The van der Waals surface area contributed by atoms with Crippen molar-refractivity contribution in [3.05, 3.63) is 34.0 Å². The number of hydrogen-bond donors (Lipinski definition) is 0. The maximum absolute atomic E-state index is 11.1. The SMILES string of the molecule is CCOC(=O)/C=C/c1ccc([N+](=O)[O-])c(OC)n1. The first kappa shape index (κ1) is 13.6. The third kappa shape index (κ3) is 3.55. The van der Waals surface area contributed by atoms with E-state index in [0.29, 0.717) is 5.69 Å². The van der Waals surface area contributed by atoms with Crippen LogP contribution in [-0.4, -0.2) is 29.6 Å². The van der Waals surface area contributed by atoms with Crippen LogP contribution in [-0.2, 0) is 9.53 Å². The molecule has 0 aliphatic rings. The Labute approximate surface area is 103 Å². The summed E-state index contributed by atoms with van der Waals surface area (Å²) in [7, 11) is 1.29. The van der Waals surface area contributed by atoms with E-state index >= 15 is 0 Å². The quantitative estimate of drug-likeness (QED) is 0.342. The van der Waals surface area contributed by atoms with Crippen molar-refractivity contribution < 1.29 is 19.2 Å². The molecule has 0 saturated carbocycles. The lowest BCUT2D eigenvalue weighted by Gasteiger charge is -2.01. The minimum atomic E-state index is -0.593. The Bertz CT molecular complexity index is 484. The molecule has 96 valence electrons. The smallest absolute Gasteiger partial charge is 0.330 e. The first-order chi connectivity index (χ1) is 8.58. The lowest BCUT2D eigenvalue weighted by atomic mass is 10.3. The van der Waals surface area contributed by atoms with Crippen LogP contribution in [0.2, 0.25) is 0 Å². The van der Waals surface area contributed by atoms with Crippen LogP contribution in [0.15, 0.2) is 18.2 Å². The average molecular weight is 252 g/mol. The van der Waals surface area contributed by atoms with E-state index in [2.05, 4.69) is 9.72 Å². The van der Waals surface area contributed by atoms with Gasteiger partial charge in [-0.2, -0.15) is 0 Å². The van der Waals surface area contributed by atoms with Gasteiger partial charge in [-0.25, -0.2) is 9.78 Å². The van der Waals surface area contributed by atoms with Crippen LogP contribution in [0.4, 0.5) is 5.69 Å². The molecule has 0 aliphatic carbocycles. The zero-order chi connectivity index (χ0) is 13.5. The Balaban J connectivity index is 2.92. The molecule has 7 nitrogen and oxygen atoms in total. The van der Waals surface area contributed by atoms with Gasteiger partial charge in [0.05, 0.1) is 24.3 Å². The number of aromatic nitrogens is 1. The van der Waals surface area contributed by atoms with Gasteiger partial charge < -0.3 is 9.47 Å². The molecular weight excluding hydrogens is 240 g/mol. The Kier molecular flexibility index (Phi) is 4.79. The molecule has 0 aliphatic heterocycles. The van der Waals surface area contributed by atoms with E-state index in [1.165, 1.54) is 31.4 Å². The molecule has 7 heteroatoms. The minimum absolute atomic E-state index is 0.106. The molecule has 0 spiro atoms. The lowest BCUT2D eigenvalue weighted by molar-refractivity contribution is -0.386. The number of carbonyl (C=O) groups is 1. The first-order valence-electron chi connectivity index (χ1n) is 5.12.